The number of nitrogens with zero attached hydrogens (tertiary/aromatic N) is 1. The summed E-state index contributed by atoms with van der Waals surface area (Å²) in [5.74, 6) is 1.56. The largest absolute Gasteiger partial charge is 0.494 e. The molecule has 9 heteroatoms. The molecule has 0 saturated heterocycles. The Morgan fingerprint density at radius 1 is 0.946 bits per heavy atom. The highest BCUT2D eigenvalue weighted by Gasteiger charge is 2.11. The first-order valence-electron chi connectivity index (χ1n) is 12.0. The number of rotatable bonds is 13. The van der Waals surface area contributed by atoms with Gasteiger partial charge >= 0.3 is 0 Å². The number of hydrogen-bond donors (Lipinski definition) is 2. The van der Waals surface area contributed by atoms with E-state index in [0.29, 0.717) is 41.4 Å². The summed E-state index contributed by atoms with van der Waals surface area (Å²) in [6.45, 7) is 5.12. The van der Waals surface area contributed by atoms with Crippen LogP contribution in [0.1, 0.15) is 49.5 Å². The smallest absolute Gasteiger partial charge is 0.240 e. The highest BCUT2D eigenvalue weighted by molar-refractivity contribution is 6.42. The zero-order valence-electron chi connectivity index (χ0n) is 20.7. The Labute approximate surface area is 227 Å². The number of nitrogens with one attached hydrogen (secondary N) is 1. The van der Waals surface area contributed by atoms with Crippen molar-refractivity contribution in [3.8, 4) is 17.2 Å². The molecule has 3 aromatic carbocycles. The number of hydrazone groups is 1. The van der Waals surface area contributed by atoms with Crippen LogP contribution in [0.5, 0.6) is 17.2 Å². The second kappa shape index (κ2) is 14.5. The lowest BCUT2D eigenvalue weighted by Crippen LogP contribution is -2.18. The fourth-order valence-electron chi connectivity index (χ4n) is 3.41. The van der Waals surface area contributed by atoms with Gasteiger partial charge in [0.2, 0.25) is 5.91 Å². The third kappa shape index (κ3) is 8.97. The van der Waals surface area contributed by atoms with Crippen molar-refractivity contribution in [3.63, 3.8) is 0 Å². The van der Waals surface area contributed by atoms with E-state index in [-0.39, 0.29) is 18.7 Å². The van der Waals surface area contributed by atoms with Crippen LogP contribution in [0.2, 0.25) is 10.0 Å². The molecule has 0 aliphatic rings. The van der Waals surface area contributed by atoms with Gasteiger partial charge in [0.15, 0.2) is 11.5 Å². The summed E-state index contributed by atoms with van der Waals surface area (Å²) in [5, 5.41) is 15.3. The second-order valence-corrected chi connectivity index (χ2v) is 8.84. The minimum Gasteiger partial charge on any atom is -0.494 e. The molecule has 0 bridgehead atoms. The number of benzene rings is 3. The van der Waals surface area contributed by atoms with Crippen LogP contribution >= 0.6 is 23.2 Å². The number of hydrogen-bond acceptors (Lipinski definition) is 6. The van der Waals surface area contributed by atoms with Crippen LogP contribution in [0.3, 0.4) is 0 Å². The van der Waals surface area contributed by atoms with E-state index in [9.17, 15) is 9.90 Å². The van der Waals surface area contributed by atoms with Crippen LogP contribution in [0.25, 0.3) is 0 Å². The molecule has 196 valence electrons. The van der Waals surface area contributed by atoms with Crippen LogP contribution in [0.4, 0.5) is 0 Å². The van der Waals surface area contributed by atoms with E-state index >= 15 is 0 Å². The van der Waals surface area contributed by atoms with Crippen LogP contribution in [0.15, 0.2) is 65.8 Å². The van der Waals surface area contributed by atoms with Crippen molar-refractivity contribution in [1.82, 2.24) is 5.43 Å². The molecule has 1 amide bonds. The summed E-state index contributed by atoms with van der Waals surface area (Å²) < 4.78 is 17.0. The van der Waals surface area contributed by atoms with Crippen LogP contribution < -0.4 is 19.6 Å². The molecule has 0 fully saturated rings. The fraction of sp³-hybridized carbons (Fsp3) is 0.286. The molecular formula is C28H30Cl2N2O5. The predicted octanol–water partition coefficient (Wildman–Crippen LogP) is 6.33. The summed E-state index contributed by atoms with van der Waals surface area (Å²) in [4.78, 5) is 12.2. The number of aliphatic hydroxyl groups excluding tert-OH is 1. The van der Waals surface area contributed by atoms with E-state index in [0.717, 1.165) is 22.4 Å². The maximum absolute atomic E-state index is 12.2. The molecular weight excluding hydrogens is 515 g/mol. The van der Waals surface area contributed by atoms with E-state index in [1.165, 1.54) is 6.21 Å². The van der Waals surface area contributed by atoms with Gasteiger partial charge in [0.1, 0.15) is 12.4 Å². The van der Waals surface area contributed by atoms with Gasteiger partial charge in [0, 0.05) is 6.42 Å². The van der Waals surface area contributed by atoms with Gasteiger partial charge in [-0.15, -0.1) is 0 Å². The summed E-state index contributed by atoms with van der Waals surface area (Å²) >= 11 is 12.0. The van der Waals surface area contributed by atoms with E-state index in [4.69, 9.17) is 37.4 Å². The van der Waals surface area contributed by atoms with Gasteiger partial charge in [-0.25, -0.2) is 5.43 Å². The van der Waals surface area contributed by atoms with Crippen molar-refractivity contribution < 1.29 is 24.1 Å². The van der Waals surface area contributed by atoms with Crippen LogP contribution in [-0.2, 0) is 11.4 Å². The summed E-state index contributed by atoms with van der Waals surface area (Å²) in [6, 6.07) is 17.9. The van der Waals surface area contributed by atoms with Crippen molar-refractivity contribution in [1.29, 1.82) is 0 Å². The predicted molar refractivity (Wildman–Crippen MR) is 146 cm³/mol. The first kappa shape index (κ1) is 28.3. The molecule has 0 spiro atoms. The molecule has 0 aromatic heterocycles. The van der Waals surface area contributed by atoms with Crippen LogP contribution in [-0.4, -0.2) is 30.4 Å². The Balaban J connectivity index is 1.51. The quantitative estimate of drug-likeness (QED) is 0.194. The lowest BCUT2D eigenvalue weighted by Gasteiger charge is -2.13. The topological polar surface area (TPSA) is 89.4 Å². The fourth-order valence-corrected chi connectivity index (χ4v) is 3.73. The first-order chi connectivity index (χ1) is 17.9. The highest BCUT2D eigenvalue weighted by atomic mass is 35.5. The molecule has 0 aliphatic heterocycles. The Hall–Kier alpha value is -3.26. The Bertz CT molecular complexity index is 1200. The number of carbonyl (C=O) groups excluding carboxylic acids is 1. The molecule has 2 N–H and O–H groups in total. The maximum Gasteiger partial charge on any atom is 0.240 e. The highest BCUT2D eigenvalue weighted by Crippen LogP contribution is 2.30. The standard InChI is InChI=1S/C28H30Cl2N2O5/c1-3-35-22-9-7-21(8-10-22)25(33)12-14-28(34)32-31-17-19-6-13-26(27(16-19)36-4-2)37-18-20-5-11-23(29)24(30)15-20/h5-11,13,15-17,25,33H,3-4,12,14,18H2,1-2H3,(H,32,34)/b31-17-/t25-/m0/s1. The van der Waals surface area contributed by atoms with Gasteiger partial charge in [0.05, 0.1) is 35.6 Å². The molecule has 7 nitrogen and oxygen atoms in total. The van der Waals surface area contributed by atoms with Crippen LogP contribution in [0, 0.1) is 0 Å². The van der Waals surface area contributed by atoms with Crippen molar-refractivity contribution in [2.24, 2.45) is 5.10 Å². The van der Waals surface area contributed by atoms with Gasteiger partial charge in [-0.2, -0.15) is 5.10 Å². The minimum atomic E-state index is -0.754. The normalized spacial score (nSPS) is 11.8. The molecule has 0 unspecified atom stereocenters. The van der Waals surface area contributed by atoms with E-state index in [1.54, 1.807) is 54.6 Å². The third-order valence-electron chi connectivity index (χ3n) is 5.27. The Morgan fingerprint density at radius 2 is 1.70 bits per heavy atom. The molecule has 0 saturated carbocycles. The summed E-state index contributed by atoms with van der Waals surface area (Å²) in [5.41, 5.74) is 4.81. The third-order valence-corrected chi connectivity index (χ3v) is 6.01. The second-order valence-electron chi connectivity index (χ2n) is 8.03. The van der Waals surface area contributed by atoms with E-state index < -0.39 is 6.10 Å². The average Bonchev–Trinajstić information content (AvgIpc) is 2.89. The Kier molecular flexibility index (Phi) is 11.1. The molecule has 3 rings (SSSR count). The van der Waals surface area contributed by atoms with Crippen molar-refractivity contribution >= 4 is 35.3 Å². The lowest BCUT2D eigenvalue weighted by atomic mass is 10.0. The average molecular weight is 545 g/mol. The molecule has 0 radical (unpaired) electrons. The van der Waals surface area contributed by atoms with Gasteiger partial charge in [-0.3, -0.25) is 4.79 Å². The van der Waals surface area contributed by atoms with E-state index in [2.05, 4.69) is 10.5 Å². The number of carbonyl (C=O) groups is 1. The monoisotopic (exact) mass is 544 g/mol. The van der Waals surface area contributed by atoms with E-state index in [1.807, 2.05) is 19.9 Å². The van der Waals surface area contributed by atoms with Crippen molar-refractivity contribution in [2.75, 3.05) is 13.2 Å². The van der Waals surface area contributed by atoms with Gasteiger partial charge in [-0.05, 0) is 79.4 Å². The Morgan fingerprint density at radius 3 is 2.41 bits per heavy atom. The molecule has 0 heterocycles. The number of amides is 1. The lowest BCUT2D eigenvalue weighted by molar-refractivity contribution is -0.121. The SMILES string of the molecule is CCOc1ccc([C@@H](O)CCC(=O)N/N=C\c2ccc(OCc3ccc(Cl)c(Cl)c3)c(OCC)c2)cc1. The van der Waals surface area contributed by atoms with Crippen molar-refractivity contribution in [3.05, 3.63) is 87.4 Å². The first-order valence-corrected chi connectivity index (χ1v) is 12.7. The summed E-state index contributed by atoms with van der Waals surface area (Å²) in [7, 11) is 0. The molecule has 3 aromatic rings. The van der Waals surface area contributed by atoms with Gasteiger partial charge in [-0.1, -0.05) is 41.4 Å². The minimum absolute atomic E-state index is 0.122. The number of aliphatic hydroxyl groups is 1. The zero-order chi connectivity index (χ0) is 26.6. The molecule has 0 aliphatic carbocycles. The zero-order valence-corrected chi connectivity index (χ0v) is 22.3. The molecule has 37 heavy (non-hydrogen) atoms. The maximum atomic E-state index is 12.2. The molecule has 1 atom stereocenters. The van der Waals surface area contributed by atoms with Crippen molar-refractivity contribution in [2.45, 2.75) is 39.4 Å². The summed E-state index contributed by atoms with van der Waals surface area (Å²) in [6.07, 6.45) is 1.16. The van der Waals surface area contributed by atoms with Gasteiger partial charge in [0.25, 0.3) is 0 Å². The number of halogens is 2. The van der Waals surface area contributed by atoms with Gasteiger partial charge < -0.3 is 19.3 Å². The number of ether oxygens (including phenoxy) is 3.